The van der Waals surface area contributed by atoms with Gasteiger partial charge in [-0.2, -0.15) is 0 Å². The molecule has 0 aliphatic rings. The number of nitrogens with zero attached hydrogens (tertiary/aromatic N) is 6. The van der Waals surface area contributed by atoms with Crippen molar-refractivity contribution in [2.24, 2.45) is 0 Å². The number of hydrogen-bond acceptors (Lipinski definition) is 8. The van der Waals surface area contributed by atoms with Gasteiger partial charge in [0.25, 0.3) is 0 Å². The van der Waals surface area contributed by atoms with E-state index in [0.717, 1.165) is 53.6 Å². The lowest BCUT2D eigenvalue weighted by Gasteiger charge is -2.06. The first-order valence-electron chi connectivity index (χ1n) is 8.82. The van der Waals surface area contributed by atoms with Crippen LogP contribution in [0.3, 0.4) is 0 Å². The minimum absolute atomic E-state index is 0.795. The number of fused-ring (bicyclic) bond motifs is 3. The first kappa shape index (κ1) is 17.7. The average molecular weight is 425 g/mol. The number of rotatable bonds is 4. The second kappa shape index (κ2) is 6.91. The van der Waals surface area contributed by atoms with Crippen LogP contribution in [0.1, 0.15) is 18.2 Å². The van der Waals surface area contributed by atoms with E-state index in [0.29, 0.717) is 0 Å². The molecule has 5 rings (SSSR count). The molecule has 0 saturated carbocycles. The van der Waals surface area contributed by atoms with Crippen molar-refractivity contribution in [2.75, 3.05) is 0 Å². The molecule has 0 unspecified atom stereocenters. The molecular weight excluding hydrogens is 408 g/mol. The van der Waals surface area contributed by atoms with Gasteiger partial charge in [-0.25, -0.2) is 15.0 Å². The van der Waals surface area contributed by atoms with Crippen molar-refractivity contribution in [2.45, 2.75) is 37.5 Å². The SMILES string of the molecule is CCn1c(Sc2ncnc3c2sc2nc(C)cc(C)c23)nnc1-c1cccs1. The zero-order valence-corrected chi connectivity index (χ0v) is 18.0. The average Bonchev–Trinajstić information content (AvgIpc) is 3.39. The Morgan fingerprint density at radius 1 is 1.18 bits per heavy atom. The van der Waals surface area contributed by atoms with Crippen molar-refractivity contribution >= 4 is 54.9 Å². The standard InChI is InChI=1S/C19H16N6S3/c1-4-25-16(12-6-5-7-26-12)23-24-19(25)28-18-15-14(20-9-21-18)13-10(2)8-11(3)22-17(13)27-15/h5-9H,4H2,1-3H3. The monoisotopic (exact) mass is 424 g/mol. The van der Waals surface area contributed by atoms with Crippen molar-refractivity contribution in [1.29, 1.82) is 0 Å². The quantitative estimate of drug-likeness (QED) is 0.362. The van der Waals surface area contributed by atoms with Gasteiger partial charge in [-0.1, -0.05) is 6.07 Å². The first-order chi connectivity index (χ1) is 13.7. The van der Waals surface area contributed by atoms with Crippen LogP contribution in [0.5, 0.6) is 0 Å². The lowest BCUT2D eigenvalue weighted by Crippen LogP contribution is -1.99. The summed E-state index contributed by atoms with van der Waals surface area (Å²) in [5.41, 5.74) is 3.17. The molecule has 0 aliphatic heterocycles. The highest BCUT2D eigenvalue weighted by Crippen LogP contribution is 2.40. The van der Waals surface area contributed by atoms with Gasteiger partial charge in [-0.3, -0.25) is 0 Å². The van der Waals surface area contributed by atoms with E-state index in [1.165, 1.54) is 17.3 Å². The highest BCUT2D eigenvalue weighted by molar-refractivity contribution is 7.99. The molecule has 0 aromatic carbocycles. The molecule has 0 amide bonds. The van der Waals surface area contributed by atoms with E-state index in [1.54, 1.807) is 29.0 Å². The highest BCUT2D eigenvalue weighted by Gasteiger charge is 2.19. The molecule has 0 atom stereocenters. The summed E-state index contributed by atoms with van der Waals surface area (Å²) in [4.78, 5) is 15.9. The summed E-state index contributed by atoms with van der Waals surface area (Å²) in [6, 6.07) is 6.20. The smallest absolute Gasteiger partial charge is 0.197 e. The Labute approximate surface area is 173 Å². The van der Waals surface area contributed by atoms with Gasteiger partial charge in [-0.15, -0.1) is 32.9 Å². The topological polar surface area (TPSA) is 69.4 Å². The van der Waals surface area contributed by atoms with E-state index in [4.69, 9.17) is 4.98 Å². The normalized spacial score (nSPS) is 11.7. The van der Waals surface area contributed by atoms with E-state index in [-0.39, 0.29) is 0 Å². The van der Waals surface area contributed by atoms with Crippen molar-refractivity contribution in [1.82, 2.24) is 29.7 Å². The number of aromatic nitrogens is 6. The van der Waals surface area contributed by atoms with E-state index >= 15 is 0 Å². The molecule has 0 bridgehead atoms. The molecule has 0 N–H and O–H groups in total. The number of pyridine rings is 1. The van der Waals surface area contributed by atoms with Crippen molar-refractivity contribution < 1.29 is 0 Å². The molecule has 140 valence electrons. The Morgan fingerprint density at radius 2 is 2.07 bits per heavy atom. The fourth-order valence-corrected chi connectivity index (χ4v) is 6.26. The fourth-order valence-electron chi connectivity index (χ4n) is 3.29. The predicted molar refractivity (Wildman–Crippen MR) is 115 cm³/mol. The van der Waals surface area contributed by atoms with Crippen LogP contribution in [0.4, 0.5) is 0 Å². The molecule has 9 heteroatoms. The van der Waals surface area contributed by atoms with Gasteiger partial charge in [-0.05, 0) is 55.6 Å². The molecule has 0 spiro atoms. The summed E-state index contributed by atoms with van der Waals surface area (Å²) in [5.74, 6) is 0.898. The van der Waals surface area contributed by atoms with Crippen LogP contribution in [0.15, 0.2) is 40.1 Å². The lowest BCUT2D eigenvalue weighted by atomic mass is 10.1. The molecule has 5 heterocycles. The molecule has 6 nitrogen and oxygen atoms in total. The maximum absolute atomic E-state index is 4.70. The van der Waals surface area contributed by atoms with Gasteiger partial charge in [0.15, 0.2) is 11.0 Å². The third kappa shape index (κ3) is 2.81. The van der Waals surface area contributed by atoms with Crippen LogP contribution in [0, 0.1) is 13.8 Å². The second-order valence-corrected chi connectivity index (χ2v) is 9.25. The first-order valence-corrected chi connectivity index (χ1v) is 11.3. The Bertz CT molecular complexity index is 1300. The van der Waals surface area contributed by atoms with Crippen LogP contribution < -0.4 is 0 Å². The maximum Gasteiger partial charge on any atom is 0.197 e. The number of thiophene rings is 2. The third-order valence-electron chi connectivity index (χ3n) is 4.48. The Hall–Kier alpha value is -2.36. The Morgan fingerprint density at radius 3 is 2.86 bits per heavy atom. The molecule has 0 aliphatic carbocycles. The van der Waals surface area contributed by atoms with Crippen LogP contribution in [0.25, 0.3) is 31.1 Å². The van der Waals surface area contributed by atoms with Gasteiger partial charge in [0.1, 0.15) is 16.2 Å². The summed E-state index contributed by atoms with van der Waals surface area (Å²) in [7, 11) is 0. The fraction of sp³-hybridized carbons (Fsp3) is 0.211. The molecule has 5 aromatic heterocycles. The minimum atomic E-state index is 0.795. The minimum Gasteiger partial charge on any atom is -0.301 e. The maximum atomic E-state index is 4.70. The largest absolute Gasteiger partial charge is 0.301 e. The molecule has 28 heavy (non-hydrogen) atoms. The molecule has 0 saturated heterocycles. The molecule has 0 fully saturated rings. The second-order valence-electron chi connectivity index (χ2n) is 6.35. The van der Waals surface area contributed by atoms with Crippen molar-refractivity contribution in [3.8, 4) is 10.7 Å². The summed E-state index contributed by atoms with van der Waals surface area (Å²) in [5, 5.41) is 13.8. The number of hydrogen-bond donors (Lipinski definition) is 0. The molecular formula is C19H16N6S3. The lowest BCUT2D eigenvalue weighted by molar-refractivity contribution is 0.687. The third-order valence-corrected chi connectivity index (χ3v) is 7.54. The van der Waals surface area contributed by atoms with E-state index in [9.17, 15) is 0 Å². The highest BCUT2D eigenvalue weighted by atomic mass is 32.2. The molecule has 5 aromatic rings. The van der Waals surface area contributed by atoms with Crippen LogP contribution in [0.2, 0.25) is 0 Å². The van der Waals surface area contributed by atoms with Crippen molar-refractivity contribution in [3.63, 3.8) is 0 Å². The summed E-state index contributed by atoms with van der Waals surface area (Å²) in [6.07, 6.45) is 1.63. The zero-order chi connectivity index (χ0) is 19.3. The zero-order valence-electron chi connectivity index (χ0n) is 15.5. The number of aryl methyl sites for hydroxylation is 2. The van der Waals surface area contributed by atoms with Crippen LogP contribution in [-0.4, -0.2) is 29.7 Å². The summed E-state index contributed by atoms with van der Waals surface area (Å²) >= 11 is 4.85. The van der Waals surface area contributed by atoms with Gasteiger partial charge in [0.2, 0.25) is 0 Å². The van der Waals surface area contributed by atoms with Gasteiger partial charge in [0, 0.05) is 17.6 Å². The Balaban J connectivity index is 1.64. The Kier molecular flexibility index (Phi) is 4.37. The molecule has 0 radical (unpaired) electrons. The van der Waals surface area contributed by atoms with Crippen LogP contribution >= 0.6 is 34.4 Å². The van der Waals surface area contributed by atoms with Gasteiger partial charge in [0.05, 0.1) is 15.1 Å². The van der Waals surface area contributed by atoms with Crippen LogP contribution in [-0.2, 0) is 6.54 Å². The predicted octanol–water partition coefficient (Wildman–Crippen LogP) is 5.35. The summed E-state index contributed by atoms with van der Waals surface area (Å²) in [6.45, 7) is 7.03. The van der Waals surface area contributed by atoms with E-state index < -0.39 is 0 Å². The van der Waals surface area contributed by atoms with Gasteiger partial charge >= 0.3 is 0 Å². The van der Waals surface area contributed by atoms with Crippen molar-refractivity contribution in [3.05, 3.63) is 41.2 Å². The van der Waals surface area contributed by atoms with E-state index in [1.807, 2.05) is 13.0 Å². The summed E-state index contributed by atoms with van der Waals surface area (Å²) < 4.78 is 3.18. The van der Waals surface area contributed by atoms with E-state index in [2.05, 4.69) is 56.1 Å². The van der Waals surface area contributed by atoms with Gasteiger partial charge < -0.3 is 4.57 Å².